The van der Waals surface area contributed by atoms with Gasteiger partial charge in [0.2, 0.25) is 0 Å². The van der Waals surface area contributed by atoms with Gasteiger partial charge in [-0.25, -0.2) is 13.0 Å². The minimum atomic E-state index is -4.67. The Morgan fingerprint density at radius 2 is 1.72 bits per heavy atom. The molecule has 0 aliphatic rings. The van der Waals surface area contributed by atoms with E-state index >= 15 is 0 Å². The zero-order valence-electron chi connectivity index (χ0n) is 15.5. The summed E-state index contributed by atoms with van der Waals surface area (Å²) < 4.78 is 68.3. The predicted molar refractivity (Wildman–Crippen MR) is 91.8 cm³/mol. The molecule has 2 N–H and O–H groups in total. The van der Waals surface area contributed by atoms with Crippen molar-refractivity contribution in [1.82, 2.24) is 0 Å². The van der Waals surface area contributed by atoms with E-state index in [1.807, 2.05) is 35.2 Å². The third kappa shape index (κ3) is 15.5. The molecule has 0 saturated carbocycles. The number of aliphatic hydroxyl groups excluding tert-OH is 2. The molecule has 1 radical (unpaired) electrons. The standard InChI is InChI=1S/C8H9F3O2S.C8H11NO3S.Eu.Na/c9-8(10,11)7(13)4-5(12)6-2-1-3-14-6;10-13(11,12)8-4-7-9-5-2-1-3-6-9;;/h1-3,5,7,12-13H,4H2;1-3,5-6H,4,7-8H2;;/q;;;+1. The second-order valence-electron chi connectivity index (χ2n) is 5.55. The molecule has 2 unspecified atom stereocenters. The Morgan fingerprint density at radius 1 is 1.14 bits per heavy atom. The van der Waals surface area contributed by atoms with Crippen LogP contribution >= 0.6 is 11.3 Å². The number of aliphatic hydroxyl groups is 2. The van der Waals surface area contributed by atoms with Gasteiger partial charge in [0.25, 0.3) is 0 Å². The Balaban J connectivity index is 0. The summed E-state index contributed by atoms with van der Waals surface area (Å²) in [6, 6.07) is 8.74. The van der Waals surface area contributed by atoms with E-state index in [0.717, 1.165) is 11.3 Å². The van der Waals surface area contributed by atoms with E-state index in [1.165, 1.54) is 6.07 Å². The average molecular weight is 602 g/mol. The van der Waals surface area contributed by atoms with Gasteiger partial charge >= 0.3 is 35.7 Å². The first kappa shape index (κ1) is 32.2. The molecule has 29 heavy (non-hydrogen) atoms. The number of pyridine rings is 1. The quantitative estimate of drug-likeness (QED) is 0.241. The number of halogens is 3. The number of aromatic nitrogens is 1. The van der Waals surface area contributed by atoms with Gasteiger partial charge in [0, 0.05) is 85.0 Å². The summed E-state index contributed by atoms with van der Waals surface area (Å²) in [5, 5.41) is 19.6. The average Bonchev–Trinajstić information content (AvgIpc) is 3.09. The molecular weight excluding hydrogens is 582 g/mol. The largest absolute Gasteiger partial charge is 1.00 e. The van der Waals surface area contributed by atoms with E-state index in [4.69, 9.17) is 5.11 Å². The maximum Gasteiger partial charge on any atom is 1.00 e. The summed E-state index contributed by atoms with van der Waals surface area (Å²) in [4.78, 5) is 0.424. The molecule has 159 valence electrons. The van der Waals surface area contributed by atoms with Crippen molar-refractivity contribution in [3.05, 3.63) is 53.0 Å². The SMILES string of the molecule is O=S(=O)([O-])CCC[n+]1ccccc1.OC(CC(O)C(F)(F)F)c1cccs1.[Eu].[Na+]. The normalized spacial score (nSPS) is 13.2. The van der Waals surface area contributed by atoms with Crippen molar-refractivity contribution in [3.8, 4) is 0 Å². The van der Waals surface area contributed by atoms with Crippen LogP contribution in [0.4, 0.5) is 13.2 Å². The molecule has 0 saturated heterocycles. The summed E-state index contributed by atoms with van der Waals surface area (Å²) in [6.07, 6.45) is -5.09. The summed E-state index contributed by atoms with van der Waals surface area (Å²) in [7, 11) is -4.06. The zero-order chi connectivity index (χ0) is 20.5. The molecule has 2 atom stereocenters. The van der Waals surface area contributed by atoms with Crippen molar-refractivity contribution in [3.63, 3.8) is 0 Å². The molecule has 0 fully saturated rings. The first-order valence-electron chi connectivity index (χ1n) is 7.83. The fourth-order valence-electron chi connectivity index (χ4n) is 1.95. The van der Waals surface area contributed by atoms with E-state index in [9.17, 15) is 31.2 Å². The molecule has 2 heterocycles. The van der Waals surface area contributed by atoms with E-state index in [0.29, 0.717) is 17.8 Å². The molecule has 6 nitrogen and oxygen atoms in total. The molecule has 13 heteroatoms. The van der Waals surface area contributed by atoms with Crippen LogP contribution in [0.2, 0.25) is 0 Å². The fourth-order valence-corrected chi connectivity index (χ4v) is 3.16. The van der Waals surface area contributed by atoms with Crippen molar-refractivity contribution in [2.75, 3.05) is 5.75 Å². The number of nitrogens with zero attached hydrogens (tertiary/aromatic N) is 1. The number of hydrogen-bond acceptors (Lipinski definition) is 6. The van der Waals surface area contributed by atoms with E-state index in [2.05, 4.69) is 0 Å². The second-order valence-corrected chi connectivity index (χ2v) is 8.06. The molecule has 2 aromatic rings. The first-order valence-corrected chi connectivity index (χ1v) is 10.3. The van der Waals surface area contributed by atoms with Gasteiger partial charge in [-0.2, -0.15) is 13.2 Å². The summed E-state index contributed by atoms with van der Waals surface area (Å²) >= 11 is 1.16. The van der Waals surface area contributed by atoms with Gasteiger partial charge in [-0.15, -0.1) is 11.3 Å². The van der Waals surface area contributed by atoms with Gasteiger partial charge in [-0.05, 0) is 11.4 Å². The van der Waals surface area contributed by atoms with Crippen LogP contribution in [0.1, 0.15) is 23.8 Å². The number of alkyl halides is 3. The monoisotopic (exact) mass is 603 g/mol. The van der Waals surface area contributed by atoms with E-state index in [1.54, 1.807) is 11.4 Å². The smallest absolute Gasteiger partial charge is 0.748 e. The minimum Gasteiger partial charge on any atom is -0.748 e. The van der Waals surface area contributed by atoms with Crippen LogP contribution in [0.3, 0.4) is 0 Å². The maximum absolute atomic E-state index is 11.9. The van der Waals surface area contributed by atoms with Crippen LogP contribution in [0.5, 0.6) is 0 Å². The molecule has 0 spiro atoms. The van der Waals surface area contributed by atoms with Crippen molar-refractivity contribution >= 4 is 21.5 Å². The Bertz CT molecular complexity index is 765. The van der Waals surface area contributed by atoms with Gasteiger partial charge in [0.05, 0.1) is 16.2 Å². The van der Waals surface area contributed by atoms with Crippen molar-refractivity contribution in [2.24, 2.45) is 0 Å². The molecule has 0 aromatic carbocycles. The van der Waals surface area contributed by atoms with Crippen LogP contribution in [-0.2, 0) is 16.7 Å². The summed E-state index contributed by atoms with van der Waals surface area (Å²) in [6.45, 7) is 0.558. The molecule has 2 aromatic heterocycles. The Morgan fingerprint density at radius 3 is 2.17 bits per heavy atom. The van der Waals surface area contributed by atoms with Gasteiger partial charge in [-0.1, -0.05) is 12.1 Å². The number of thiophene rings is 1. The molecule has 0 aliphatic carbocycles. The van der Waals surface area contributed by atoms with Gasteiger partial charge < -0.3 is 14.8 Å². The van der Waals surface area contributed by atoms with Gasteiger partial charge in [0.1, 0.15) is 6.54 Å². The molecule has 0 aliphatic heterocycles. The van der Waals surface area contributed by atoms with E-state index < -0.39 is 34.9 Å². The number of rotatable bonds is 7. The summed E-state index contributed by atoms with van der Waals surface area (Å²) in [5.41, 5.74) is 0. The van der Waals surface area contributed by atoms with Gasteiger partial charge in [0.15, 0.2) is 18.5 Å². The molecular formula is C16H20EuF3NNaO5S2+. The number of aryl methyl sites for hydroxylation is 1. The first-order chi connectivity index (χ1) is 12.5. The summed E-state index contributed by atoms with van der Waals surface area (Å²) in [5.74, 6) is -0.297. The minimum absolute atomic E-state index is 0. The van der Waals surface area contributed by atoms with E-state index in [-0.39, 0.29) is 84.7 Å². The van der Waals surface area contributed by atoms with Crippen LogP contribution < -0.4 is 34.1 Å². The van der Waals surface area contributed by atoms with Crippen LogP contribution in [0.25, 0.3) is 0 Å². The Hall–Kier alpha value is 1.05. The molecule has 0 bridgehead atoms. The van der Waals surface area contributed by atoms with Crippen LogP contribution in [0, 0.1) is 49.4 Å². The van der Waals surface area contributed by atoms with Crippen molar-refractivity contribution < 1.29 is 120 Å². The molecule has 0 amide bonds. The topological polar surface area (TPSA) is 102 Å². The zero-order valence-corrected chi connectivity index (χ0v) is 21.6. The predicted octanol–water partition coefficient (Wildman–Crippen LogP) is -0.992. The molecule has 2 rings (SSSR count). The fraction of sp³-hybridized carbons (Fsp3) is 0.438. The van der Waals surface area contributed by atoms with Gasteiger partial charge in [-0.3, -0.25) is 0 Å². The van der Waals surface area contributed by atoms with Crippen molar-refractivity contribution in [1.29, 1.82) is 0 Å². The number of hydrogen-bond donors (Lipinski definition) is 2. The van der Waals surface area contributed by atoms with Crippen LogP contribution in [-0.4, -0.2) is 41.2 Å². The Kier molecular flexibility index (Phi) is 17.6. The second kappa shape index (κ2) is 15.8. The maximum atomic E-state index is 11.9. The van der Waals surface area contributed by atoms with Crippen molar-refractivity contribution in [2.45, 2.75) is 37.8 Å². The Labute approximate surface area is 234 Å². The third-order valence-electron chi connectivity index (χ3n) is 3.28. The van der Waals surface area contributed by atoms with Crippen LogP contribution in [0.15, 0.2) is 48.1 Å². The third-order valence-corrected chi connectivity index (χ3v) is 5.05.